The fraction of sp³-hybridized carbons (Fsp3) is 0.182. The van der Waals surface area contributed by atoms with Gasteiger partial charge in [0.05, 0.1) is 25.0 Å². The van der Waals surface area contributed by atoms with Gasteiger partial charge < -0.3 is 4.74 Å². The fourth-order valence-corrected chi connectivity index (χ4v) is 1.71. The highest BCUT2D eigenvalue weighted by atomic mass is 32.1. The van der Waals surface area contributed by atoms with Gasteiger partial charge in [-0.1, -0.05) is 0 Å². The molecule has 6 nitrogen and oxygen atoms in total. The molecule has 0 aliphatic rings. The minimum absolute atomic E-state index is 0.270. The van der Waals surface area contributed by atoms with E-state index < -0.39 is 0 Å². The maximum Gasteiger partial charge on any atom is 0.327 e. The van der Waals surface area contributed by atoms with E-state index in [0.717, 1.165) is 23.2 Å². The summed E-state index contributed by atoms with van der Waals surface area (Å²) in [7, 11) is 3.28. The van der Waals surface area contributed by atoms with Crippen LogP contribution in [0.3, 0.4) is 0 Å². The van der Waals surface area contributed by atoms with Gasteiger partial charge in [0.25, 0.3) is 0 Å². The molecule has 0 aliphatic heterocycles. The van der Waals surface area contributed by atoms with Gasteiger partial charge in [-0.25, -0.2) is 4.79 Å². The second kappa shape index (κ2) is 5.46. The summed E-state index contributed by atoms with van der Waals surface area (Å²) >= 11 is 1.04. The van der Waals surface area contributed by atoms with Gasteiger partial charge in [-0.2, -0.15) is 8.75 Å². The Hall–Kier alpha value is -2.15. The van der Waals surface area contributed by atoms with Crippen molar-refractivity contribution in [3.63, 3.8) is 0 Å². The molecule has 0 saturated carbocycles. The first-order valence-corrected chi connectivity index (χ1v) is 5.90. The van der Waals surface area contributed by atoms with Gasteiger partial charge in [-0.3, -0.25) is 10.2 Å². The Morgan fingerprint density at radius 2 is 2.11 bits per heavy atom. The van der Waals surface area contributed by atoms with Crippen LogP contribution in [-0.2, 0) is 0 Å². The minimum atomic E-state index is -0.270. The number of rotatable bonds is 3. The first-order valence-electron chi connectivity index (χ1n) is 5.17. The predicted octanol–water partition coefficient (Wildman–Crippen LogP) is 2.21. The van der Waals surface area contributed by atoms with Crippen molar-refractivity contribution in [3.8, 4) is 5.75 Å². The van der Waals surface area contributed by atoms with E-state index in [9.17, 15) is 4.79 Å². The van der Waals surface area contributed by atoms with Crippen LogP contribution in [0.15, 0.2) is 30.5 Å². The SMILES string of the molecule is COc1ccc(N(C)C(=O)Nc2cnsn2)cc1. The summed E-state index contributed by atoms with van der Waals surface area (Å²) < 4.78 is 12.8. The predicted molar refractivity (Wildman–Crippen MR) is 70.3 cm³/mol. The molecule has 2 rings (SSSR count). The van der Waals surface area contributed by atoms with E-state index >= 15 is 0 Å². The molecular weight excluding hydrogens is 252 g/mol. The van der Waals surface area contributed by atoms with Gasteiger partial charge in [0.2, 0.25) is 0 Å². The van der Waals surface area contributed by atoms with Crippen LogP contribution in [0.25, 0.3) is 0 Å². The van der Waals surface area contributed by atoms with E-state index in [1.807, 2.05) is 0 Å². The zero-order chi connectivity index (χ0) is 13.0. The third-order valence-electron chi connectivity index (χ3n) is 2.36. The molecule has 0 aliphatic carbocycles. The van der Waals surface area contributed by atoms with Crippen LogP contribution in [0.2, 0.25) is 0 Å². The molecular formula is C11H12N4O2S. The Morgan fingerprint density at radius 1 is 1.39 bits per heavy atom. The standard InChI is InChI=1S/C11H12N4O2S/c1-15(8-3-5-9(17-2)6-4-8)11(16)13-10-7-12-18-14-10/h3-7H,1-2H3,(H,13,14,16). The maximum atomic E-state index is 11.9. The van der Waals surface area contributed by atoms with Crippen molar-refractivity contribution in [3.05, 3.63) is 30.5 Å². The van der Waals surface area contributed by atoms with Crippen molar-refractivity contribution in [2.75, 3.05) is 24.4 Å². The molecule has 0 spiro atoms. The third-order valence-corrected chi connectivity index (χ3v) is 2.84. The van der Waals surface area contributed by atoms with E-state index in [4.69, 9.17) is 4.74 Å². The van der Waals surface area contributed by atoms with Gasteiger partial charge in [0.1, 0.15) is 5.75 Å². The smallest absolute Gasteiger partial charge is 0.327 e. The maximum absolute atomic E-state index is 11.9. The molecule has 0 atom stereocenters. The van der Waals surface area contributed by atoms with E-state index in [1.54, 1.807) is 38.4 Å². The molecule has 1 aromatic heterocycles. The van der Waals surface area contributed by atoms with Crippen molar-refractivity contribution in [2.24, 2.45) is 0 Å². The summed E-state index contributed by atoms with van der Waals surface area (Å²) in [6.45, 7) is 0. The number of hydrogen-bond acceptors (Lipinski definition) is 5. The number of hydrogen-bond donors (Lipinski definition) is 1. The van der Waals surface area contributed by atoms with Crippen LogP contribution in [-0.4, -0.2) is 28.9 Å². The molecule has 0 radical (unpaired) electrons. The normalized spacial score (nSPS) is 9.89. The summed E-state index contributed by atoms with van der Waals surface area (Å²) in [6, 6.07) is 6.93. The van der Waals surface area contributed by atoms with Crippen molar-refractivity contribution >= 4 is 29.3 Å². The van der Waals surface area contributed by atoms with Crippen LogP contribution >= 0.6 is 11.7 Å². The number of ether oxygens (including phenoxy) is 1. The number of methoxy groups -OCH3 is 1. The molecule has 2 aromatic rings. The Balaban J connectivity index is 2.05. The number of amides is 2. The Labute approximate surface area is 109 Å². The minimum Gasteiger partial charge on any atom is -0.497 e. The average molecular weight is 264 g/mol. The third kappa shape index (κ3) is 2.75. The summed E-state index contributed by atoms with van der Waals surface area (Å²) in [5, 5.41) is 2.64. The van der Waals surface area contributed by atoms with Crippen LogP contribution in [0.1, 0.15) is 0 Å². The number of carbonyl (C=O) groups excluding carboxylic acids is 1. The second-order valence-electron chi connectivity index (χ2n) is 3.48. The lowest BCUT2D eigenvalue weighted by molar-refractivity contribution is 0.258. The molecule has 0 unspecified atom stereocenters. The quantitative estimate of drug-likeness (QED) is 0.923. The van der Waals surface area contributed by atoms with E-state index in [0.29, 0.717) is 5.82 Å². The number of anilines is 2. The molecule has 1 aromatic carbocycles. The van der Waals surface area contributed by atoms with E-state index in [1.165, 1.54) is 11.1 Å². The molecule has 0 bridgehead atoms. The van der Waals surface area contributed by atoms with Crippen LogP contribution < -0.4 is 15.0 Å². The molecule has 0 saturated heterocycles. The highest BCUT2D eigenvalue weighted by Crippen LogP contribution is 2.18. The zero-order valence-corrected chi connectivity index (χ0v) is 10.8. The van der Waals surface area contributed by atoms with Crippen LogP contribution in [0.5, 0.6) is 5.75 Å². The number of aromatic nitrogens is 2. The van der Waals surface area contributed by atoms with E-state index in [2.05, 4.69) is 14.1 Å². The summed E-state index contributed by atoms with van der Waals surface area (Å²) in [6.07, 6.45) is 1.50. The molecule has 7 heteroatoms. The molecule has 18 heavy (non-hydrogen) atoms. The van der Waals surface area contributed by atoms with Crippen molar-refractivity contribution in [1.29, 1.82) is 0 Å². The topological polar surface area (TPSA) is 67.3 Å². The second-order valence-corrected chi connectivity index (χ2v) is 4.04. The van der Waals surface area contributed by atoms with Crippen molar-refractivity contribution < 1.29 is 9.53 Å². The molecule has 0 fully saturated rings. The Morgan fingerprint density at radius 3 is 2.67 bits per heavy atom. The first-order chi connectivity index (χ1) is 8.70. The summed E-state index contributed by atoms with van der Waals surface area (Å²) in [5.41, 5.74) is 0.761. The Bertz CT molecular complexity index is 512. The van der Waals surface area contributed by atoms with Gasteiger partial charge in [-0.15, -0.1) is 0 Å². The van der Waals surface area contributed by atoms with Gasteiger partial charge in [-0.05, 0) is 24.3 Å². The number of carbonyl (C=O) groups is 1. The number of nitrogens with zero attached hydrogens (tertiary/aromatic N) is 3. The molecule has 2 amide bonds. The van der Waals surface area contributed by atoms with Gasteiger partial charge in [0.15, 0.2) is 5.82 Å². The number of urea groups is 1. The van der Waals surface area contributed by atoms with Crippen LogP contribution in [0.4, 0.5) is 16.3 Å². The number of benzene rings is 1. The largest absolute Gasteiger partial charge is 0.497 e. The van der Waals surface area contributed by atoms with Gasteiger partial charge >= 0.3 is 6.03 Å². The van der Waals surface area contributed by atoms with Crippen molar-refractivity contribution in [1.82, 2.24) is 8.75 Å². The highest BCUT2D eigenvalue weighted by molar-refractivity contribution is 6.99. The lowest BCUT2D eigenvalue weighted by Gasteiger charge is -2.17. The fourth-order valence-electron chi connectivity index (χ4n) is 1.34. The average Bonchev–Trinajstić information content (AvgIpc) is 2.91. The lowest BCUT2D eigenvalue weighted by atomic mass is 10.3. The molecule has 94 valence electrons. The van der Waals surface area contributed by atoms with Crippen molar-refractivity contribution in [2.45, 2.75) is 0 Å². The summed E-state index contributed by atoms with van der Waals surface area (Å²) in [4.78, 5) is 13.4. The zero-order valence-electron chi connectivity index (χ0n) is 9.95. The highest BCUT2D eigenvalue weighted by Gasteiger charge is 2.11. The number of nitrogens with one attached hydrogen (secondary N) is 1. The molecule has 1 N–H and O–H groups in total. The van der Waals surface area contributed by atoms with Crippen LogP contribution in [0, 0.1) is 0 Å². The first kappa shape index (κ1) is 12.3. The Kier molecular flexibility index (Phi) is 3.73. The van der Waals surface area contributed by atoms with E-state index in [-0.39, 0.29) is 6.03 Å². The van der Waals surface area contributed by atoms with Gasteiger partial charge in [0, 0.05) is 12.7 Å². The lowest BCUT2D eigenvalue weighted by Crippen LogP contribution is -2.31. The monoisotopic (exact) mass is 264 g/mol. The molecule has 1 heterocycles. The summed E-state index contributed by atoms with van der Waals surface area (Å²) in [5.74, 6) is 1.20.